The van der Waals surface area contributed by atoms with Gasteiger partial charge in [-0.05, 0) is 54.8 Å². The first-order chi connectivity index (χ1) is 12.5. The van der Waals surface area contributed by atoms with Crippen LogP contribution in [0.1, 0.15) is 28.8 Å². The molecule has 0 aromatic heterocycles. The Kier molecular flexibility index (Phi) is 5.89. The van der Waals surface area contributed by atoms with E-state index in [9.17, 15) is 14.0 Å². The predicted molar refractivity (Wildman–Crippen MR) is 96.3 cm³/mol. The molecule has 1 aliphatic heterocycles. The SMILES string of the molecule is O=C(OCc1cccc(F)c1)[C@H]1CCCN(C(=O)c2ccc(Cl)cc2)C1. The van der Waals surface area contributed by atoms with Crippen LogP contribution in [0.15, 0.2) is 48.5 Å². The van der Waals surface area contributed by atoms with E-state index in [4.69, 9.17) is 16.3 Å². The summed E-state index contributed by atoms with van der Waals surface area (Å²) in [5, 5.41) is 0.569. The monoisotopic (exact) mass is 375 g/mol. The summed E-state index contributed by atoms with van der Waals surface area (Å²) in [6, 6.07) is 12.6. The van der Waals surface area contributed by atoms with Crippen molar-refractivity contribution in [2.45, 2.75) is 19.4 Å². The van der Waals surface area contributed by atoms with E-state index in [2.05, 4.69) is 0 Å². The summed E-state index contributed by atoms with van der Waals surface area (Å²) in [7, 11) is 0. The number of ether oxygens (including phenoxy) is 1. The molecule has 4 nitrogen and oxygen atoms in total. The second-order valence-corrected chi connectivity index (χ2v) is 6.77. The average Bonchev–Trinajstić information content (AvgIpc) is 2.66. The summed E-state index contributed by atoms with van der Waals surface area (Å²) in [5.74, 6) is -1.21. The van der Waals surface area contributed by atoms with Crippen LogP contribution in [0.5, 0.6) is 0 Å². The number of piperidine rings is 1. The first-order valence-electron chi connectivity index (χ1n) is 8.49. The summed E-state index contributed by atoms with van der Waals surface area (Å²) in [4.78, 5) is 26.6. The molecule has 1 saturated heterocycles. The minimum Gasteiger partial charge on any atom is -0.461 e. The molecule has 26 heavy (non-hydrogen) atoms. The number of carbonyl (C=O) groups is 2. The van der Waals surface area contributed by atoms with Crippen molar-refractivity contribution in [2.24, 2.45) is 5.92 Å². The molecule has 6 heteroatoms. The normalized spacial score (nSPS) is 17.0. The van der Waals surface area contributed by atoms with E-state index in [0.717, 1.165) is 6.42 Å². The van der Waals surface area contributed by atoms with Gasteiger partial charge in [0.2, 0.25) is 0 Å². The topological polar surface area (TPSA) is 46.6 Å². The van der Waals surface area contributed by atoms with Crippen molar-refractivity contribution in [3.63, 3.8) is 0 Å². The molecule has 0 bridgehead atoms. The molecule has 1 aliphatic rings. The molecule has 1 atom stereocenters. The van der Waals surface area contributed by atoms with Gasteiger partial charge in [-0.3, -0.25) is 9.59 Å². The molecular formula is C20H19ClFNO3. The molecule has 2 aromatic rings. The highest BCUT2D eigenvalue weighted by molar-refractivity contribution is 6.30. The van der Waals surface area contributed by atoms with E-state index >= 15 is 0 Å². The van der Waals surface area contributed by atoms with Gasteiger partial charge in [-0.1, -0.05) is 23.7 Å². The van der Waals surface area contributed by atoms with Gasteiger partial charge < -0.3 is 9.64 Å². The third-order valence-electron chi connectivity index (χ3n) is 4.40. The molecule has 136 valence electrons. The number of halogens is 2. The van der Waals surface area contributed by atoms with Crippen molar-refractivity contribution in [2.75, 3.05) is 13.1 Å². The quantitative estimate of drug-likeness (QED) is 0.756. The third kappa shape index (κ3) is 4.61. The van der Waals surface area contributed by atoms with Crippen molar-refractivity contribution in [1.82, 2.24) is 4.90 Å². The molecule has 0 unspecified atom stereocenters. The van der Waals surface area contributed by atoms with Gasteiger partial charge in [-0.25, -0.2) is 4.39 Å². The van der Waals surface area contributed by atoms with Crippen LogP contribution in [-0.4, -0.2) is 29.9 Å². The number of esters is 1. The molecule has 1 fully saturated rings. The Balaban J connectivity index is 1.58. The number of hydrogen-bond acceptors (Lipinski definition) is 3. The molecule has 0 spiro atoms. The standard InChI is InChI=1S/C20H19ClFNO3/c21-17-8-6-15(7-9-17)19(24)23-10-2-4-16(12-23)20(25)26-13-14-3-1-5-18(22)11-14/h1,3,5-9,11,16H,2,4,10,12-13H2/t16-/m0/s1. The molecule has 1 heterocycles. The van der Waals surface area contributed by atoms with Crippen molar-refractivity contribution < 1.29 is 18.7 Å². The van der Waals surface area contributed by atoms with Gasteiger partial charge in [-0.15, -0.1) is 0 Å². The van der Waals surface area contributed by atoms with Crippen molar-refractivity contribution in [3.05, 3.63) is 70.5 Å². The van der Waals surface area contributed by atoms with Gasteiger partial charge in [0.15, 0.2) is 0 Å². The van der Waals surface area contributed by atoms with Gasteiger partial charge >= 0.3 is 5.97 Å². The lowest BCUT2D eigenvalue weighted by atomic mass is 9.97. The smallest absolute Gasteiger partial charge is 0.311 e. The summed E-state index contributed by atoms with van der Waals surface area (Å²) in [6.45, 7) is 0.955. The highest BCUT2D eigenvalue weighted by Gasteiger charge is 2.30. The number of hydrogen-bond donors (Lipinski definition) is 0. The van der Waals surface area contributed by atoms with E-state index in [-0.39, 0.29) is 30.2 Å². The van der Waals surface area contributed by atoms with Crippen LogP contribution in [-0.2, 0) is 16.1 Å². The first-order valence-corrected chi connectivity index (χ1v) is 8.86. The minimum atomic E-state index is -0.367. The van der Waals surface area contributed by atoms with Crippen LogP contribution >= 0.6 is 11.6 Å². The number of likely N-dealkylation sites (tertiary alicyclic amines) is 1. The van der Waals surface area contributed by atoms with Crippen LogP contribution < -0.4 is 0 Å². The Labute approximate surface area is 156 Å². The fraction of sp³-hybridized carbons (Fsp3) is 0.300. The van der Waals surface area contributed by atoms with E-state index in [0.29, 0.717) is 35.7 Å². The van der Waals surface area contributed by atoms with Crippen molar-refractivity contribution in [1.29, 1.82) is 0 Å². The van der Waals surface area contributed by atoms with Crippen molar-refractivity contribution in [3.8, 4) is 0 Å². The zero-order valence-corrected chi connectivity index (χ0v) is 14.9. The van der Waals surface area contributed by atoms with Gasteiger partial charge in [0.05, 0.1) is 5.92 Å². The summed E-state index contributed by atoms with van der Waals surface area (Å²) >= 11 is 5.85. The fourth-order valence-electron chi connectivity index (χ4n) is 3.03. The van der Waals surface area contributed by atoms with Crippen LogP contribution in [0.4, 0.5) is 4.39 Å². The third-order valence-corrected chi connectivity index (χ3v) is 4.66. The lowest BCUT2D eigenvalue weighted by Crippen LogP contribution is -2.42. The second kappa shape index (κ2) is 8.32. The summed E-state index contributed by atoms with van der Waals surface area (Å²) in [6.07, 6.45) is 1.41. The van der Waals surface area contributed by atoms with Gasteiger partial charge in [0.25, 0.3) is 5.91 Å². The van der Waals surface area contributed by atoms with Gasteiger partial charge in [0, 0.05) is 23.7 Å². The summed E-state index contributed by atoms with van der Waals surface area (Å²) in [5.41, 5.74) is 1.14. The van der Waals surface area contributed by atoms with Crippen LogP contribution in [0, 0.1) is 11.7 Å². The first kappa shape index (κ1) is 18.4. The van der Waals surface area contributed by atoms with Crippen molar-refractivity contribution >= 4 is 23.5 Å². The maximum absolute atomic E-state index is 13.2. The molecule has 2 aromatic carbocycles. The predicted octanol–water partition coefficient (Wildman–Crippen LogP) is 4.07. The Hall–Kier alpha value is -2.40. The van der Waals surface area contributed by atoms with E-state index in [1.165, 1.54) is 12.1 Å². The zero-order valence-electron chi connectivity index (χ0n) is 14.2. The number of carbonyl (C=O) groups excluding carboxylic acids is 2. The molecule has 0 N–H and O–H groups in total. The molecule has 1 amide bonds. The molecular weight excluding hydrogens is 357 g/mol. The van der Waals surface area contributed by atoms with Crippen LogP contribution in [0.25, 0.3) is 0 Å². The molecule has 0 saturated carbocycles. The Morgan fingerprint density at radius 1 is 1.19 bits per heavy atom. The lowest BCUT2D eigenvalue weighted by molar-refractivity contribution is -0.151. The average molecular weight is 376 g/mol. The Bertz CT molecular complexity index is 794. The zero-order chi connectivity index (χ0) is 18.5. The Morgan fingerprint density at radius 3 is 2.69 bits per heavy atom. The van der Waals surface area contributed by atoms with Crippen LogP contribution in [0.2, 0.25) is 5.02 Å². The highest BCUT2D eigenvalue weighted by atomic mass is 35.5. The van der Waals surface area contributed by atoms with Gasteiger partial charge in [0.1, 0.15) is 12.4 Å². The summed E-state index contributed by atoms with van der Waals surface area (Å²) < 4.78 is 18.5. The van der Waals surface area contributed by atoms with E-state index in [1.54, 1.807) is 41.3 Å². The maximum atomic E-state index is 13.2. The minimum absolute atomic E-state index is 0.0260. The van der Waals surface area contributed by atoms with Crippen LogP contribution in [0.3, 0.4) is 0 Å². The molecule has 0 aliphatic carbocycles. The van der Waals surface area contributed by atoms with Gasteiger partial charge in [-0.2, -0.15) is 0 Å². The second-order valence-electron chi connectivity index (χ2n) is 6.33. The fourth-order valence-corrected chi connectivity index (χ4v) is 3.15. The molecule has 3 rings (SSSR count). The largest absolute Gasteiger partial charge is 0.461 e. The van der Waals surface area contributed by atoms with E-state index < -0.39 is 0 Å². The number of amides is 1. The number of rotatable bonds is 4. The highest BCUT2D eigenvalue weighted by Crippen LogP contribution is 2.21. The number of benzene rings is 2. The van der Waals surface area contributed by atoms with E-state index in [1.807, 2.05) is 0 Å². The molecule has 0 radical (unpaired) electrons. The lowest BCUT2D eigenvalue weighted by Gasteiger charge is -2.31. The number of nitrogens with zero attached hydrogens (tertiary/aromatic N) is 1. The maximum Gasteiger partial charge on any atom is 0.311 e. The Morgan fingerprint density at radius 2 is 1.96 bits per heavy atom.